The quantitative estimate of drug-likeness (QED) is 0.0657. The number of urea groups is 3. The number of nitrogens with zero attached hydrogens (tertiary/aromatic N) is 8. The van der Waals surface area contributed by atoms with Crippen LogP contribution < -0.4 is 40.7 Å². The standard InChI is InChI=1S/C24H20ClFN4O3.C24H21ClN4O3.C24H21FN4O4/c1-24(14-15-6-8-16(26)9-7-15)22(32)30(23(33)29(24)2)20-11-10-17(13-18(20)25)28-21(31)19-5-3-4-12-27-19;1-24(15-16-8-4-3-5-9-16)22(31)29(23(32)28(24)2)20-12-11-17(14-18(20)25)27-21(30)19-10-6-7-13-26-19;1-24(14-15-6-8-16(25)9-7-15)22(31)29(23(32)28-24)19-11-10-17(13-20(19)33-2)27-21(30)18-5-3-4-12-26-18/h3-13H,14H2,1-2H3,(H,28,31);3-14H,15H2,1-2H3,(H,27,30);3-13H,14H2,1-2H3,(H,27,30)(H,28,32)/t3*24-/m000/s1. The third kappa shape index (κ3) is 14.7. The minimum Gasteiger partial charge on any atom is -0.494 e. The number of rotatable bonds is 16. The Morgan fingerprint density at radius 3 is 1.20 bits per heavy atom. The maximum absolute atomic E-state index is 13.4. The fourth-order valence-electron chi connectivity index (χ4n) is 11.1. The molecule has 3 fully saturated rings. The molecule has 26 heteroatoms. The van der Waals surface area contributed by atoms with Crippen LogP contribution in [0.4, 0.5) is 57.3 Å². The second kappa shape index (κ2) is 29.1. The number of amides is 12. The summed E-state index contributed by atoms with van der Waals surface area (Å²) in [6.07, 6.45) is 5.32. The van der Waals surface area contributed by atoms with Crippen LogP contribution in [0.15, 0.2) is 207 Å². The predicted octanol–water partition coefficient (Wildman–Crippen LogP) is 12.5. The molecule has 0 unspecified atom stereocenters. The first-order chi connectivity index (χ1) is 46.8. The summed E-state index contributed by atoms with van der Waals surface area (Å²) >= 11 is 12.9. The Balaban J connectivity index is 0.000000159. The number of carbonyl (C=O) groups is 9. The van der Waals surface area contributed by atoms with Crippen molar-refractivity contribution in [2.24, 2.45) is 0 Å². The fraction of sp³-hybridized carbons (Fsp3) is 0.167. The molecule has 6 heterocycles. The maximum atomic E-state index is 13.4. The Labute approximate surface area is 571 Å². The molecule has 3 saturated heterocycles. The van der Waals surface area contributed by atoms with Gasteiger partial charge in [0.1, 0.15) is 51.1 Å². The Morgan fingerprint density at radius 2 is 0.827 bits per heavy atom. The molecule has 9 aromatic rings. The Morgan fingerprint density at radius 1 is 0.459 bits per heavy atom. The highest BCUT2D eigenvalue weighted by atomic mass is 35.5. The van der Waals surface area contributed by atoms with E-state index in [1.165, 1.54) is 90.1 Å². The van der Waals surface area contributed by atoms with E-state index in [0.717, 1.165) is 20.3 Å². The van der Waals surface area contributed by atoms with E-state index in [1.54, 1.807) is 138 Å². The number of aromatic nitrogens is 3. The summed E-state index contributed by atoms with van der Waals surface area (Å²) in [4.78, 5) is 134. The second-order valence-electron chi connectivity index (χ2n) is 23.4. The van der Waals surface area contributed by atoms with Crippen molar-refractivity contribution in [3.8, 4) is 5.75 Å². The number of hydrogen-bond acceptors (Lipinski definition) is 13. The topological polar surface area (TPSA) is 266 Å². The van der Waals surface area contributed by atoms with Crippen LogP contribution in [-0.2, 0) is 33.6 Å². The van der Waals surface area contributed by atoms with Crippen molar-refractivity contribution >= 4 is 111 Å². The Hall–Kier alpha value is -11.8. The minimum absolute atomic E-state index is 0.120. The van der Waals surface area contributed by atoms with Gasteiger partial charge in [0, 0.05) is 75.1 Å². The normalized spacial score (nSPS) is 18.0. The zero-order valence-corrected chi connectivity index (χ0v) is 54.9. The van der Waals surface area contributed by atoms with Crippen molar-refractivity contribution in [1.29, 1.82) is 0 Å². The molecule has 3 atom stereocenters. The van der Waals surface area contributed by atoms with Crippen LogP contribution in [0, 0.1) is 11.6 Å². The minimum atomic E-state index is -1.22. The smallest absolute Gasteiger partial charge is 0.332 e. The number of methoxy groups -OCH3 is 1. The first-order valence-electron chi connectivity index (χ1n) is 30.2. The SMILES string of the molecule is CN1C(=O)N(c2ccc(NC(=O)c3ccccn3)cc2Cl)C(=O)[C@]1(C)Cc1ccc(F)cc1.CN1C(=O)N(c2ccc(NC(=O)c3ccccn3)cc2Cl)C(=O)[C@]1(C)Cc1ccccc1.COc1cc(NC(=O)c2ccccn2)ccc1N1C(=O)N[C@@](C)(Cc2ccc(F)cc2)C1=O. The van der Waals surface area contributed by atoms with Gasteiger partial charge < -0.3 is 35.8 Å². The summed E-state index contributed by atoms with van der Waals surface area (Å²) in [7, 11) is 4.55. The number of imide groups is 3. The first-order valence-corrected chi connectivity index (χ1v) is 31.0. The summed E-state index contributed by atoms with van der Waals surface area (Å²) in [5, 5.41) is 11.1. The Kier molecular flexibility index (Phi) is 20.5. The molecule has 98 heavy (non-hydrogen) atoms. The van der Waals surface area contributed by atoms with Gasteiger partial charge in [-0.1, -0.05) is 96.0 Å². The molecule has 0 aliphatic carbocycles. The van der Waals surface area contributed by atoms with E-state index in [9.17, 15) is 51.9 Å². The molecule has 12 rings (SSSR count). The molecule has 12 amide bonds. The van der Waals surface area contributed by atoms with Crippen molar-refractivity contribution in [2.75, 3.05) is 51.9 Å². The number of anilines is 6. The summed E-state index contributed by atoms with van der Waals surface area (Å²) in [6.45, 7) is 5.02. The van der Waals surface area contributed by atoms with E-state index in [2.05, 4.69) is 36.2 Å². The van der Waals surface area contributed by atoms with Crippen molar-refractivity contribution in [1.82, 2.24) is 30.1 Å². The molecule has 6 aromatic carbocycles. The highest BCUT2D eigenvalue weighted by molar-refractivity contribution is 6.37. The number of benzene rings is 6. The first kappa shape index (κ1) is 69.1. The molecule has 3 aromatic heterocycles. The number of ether oxygens (including phenoxy) is 1. The maximum Gasteiger partial charge on any atom is 0.332 e. The molecule has 3 aliphatic rings. The highest BCUT2D eigenvalue weighted by Crippen LogP contribution is 2.41. The molecule has 0 radical (unpaired) electrons. The van der Waals surface area contributed by atoms with E-state index in [-0.39, 0.29) is 80.3 Å². The van der Waals surface area contributed by atoms with Crippen LogP contribution >= 0.6 is 23.2 Å². The van der Waals surface area contributed by atoms with Gasteiger partial charge in [0.25, 0.3) is 35.4 Å². The zero-order valence-electron chi connectivity index (χ0n) is 53.4. The van der Waals surface area contributed by atoms with E-state index in [4.69, 9.17) is 27.9 Å². The van der Waals surface area contributed by atoms with Gasteiger partial charge in [0.15, 0.2) is 0 Å². The number of nitrogens with one attached hydrogen (secondary N) is 4. The number of pyridine rings is 3. The summed E-state index contributed by atoms with van der Waals surface area (Å²) in [5.41, 5.74) is 1.59. The van der Waals surface area contributed by atoms with Crippen LogP contribution in [-0.4, -0.2) is 116 Å². The molecule has 3 aliphatic heterocycles. The monoisotopic (exact) mass is 1360 g/mol. The molecule has 0 bridgehead atoms. The third-order valence-electron chi connectivity index (χ3n) is 16.6. The average Bonchev–Trinajstić information content (AvgIpc) is 1.61. The Bertz CT molecular complexity index is 4550. The molecule has 0 saturated carbocycles. The van der Waals surface area contributed by atoms with Crippen molar-refractivity contribution in [2.45, 2.75) is 56.7 Å². The predicted molar refractivity (Wildman–Crippen MR) is 365 cm³/mol. The van der Waals surface area contributed by atoms with Crippen LogP contribution in [0.1, 0.15) is 68.9 Å². The average molecular weight is 1360 g/mol. The lowest BCUT2D eigenvalue weighted by molar-refractivity contribution is -0.124. The molecule has 4 N–H and O–H groups in total. The summed E-state index contributed by atoms with van der Waals surface area (Å²) in [5.74, 6) is -3.04. The third-order valence-corrected chi connectivity index (χ3v) is 17.2. The van der Waals surface area contributed by atoms with Gasteiger partial charge in [0.05, 0.1) is 34.2 Å². The lowest BCUT2D eigenvalue weighted by atomic mass is 9.91. The number of halogens is 4. The largest absolute Gasteiger partial charge is 0.494 e. The van der Waals surface area contributed by atoms with Crippen molar-refractivity contribution in [3.63, 3.8) is 0 Å². The molecule has 22 nitrogen and oxygen atoms in total. The van der Waals surface area contributed by atoms with Gasteiger partial charge in [0.2, 0.25) is 0 Å². The second-order valence-corrected chi connectivity index (χ2v) is 24.2. The van der Waals surface area contributed by atoms with E-state index < -0.39 is 64.2 Å². The van der Waals surface area contributed by atoms with Gasteiger partial charge in [-0.05, 0) is 147 Å². The van der Waals surface area contributed by atoms with E-state index in [0.29, 0.717) is 34.6 Å². The van der Waals surface area contributed by atoms with Gasteiger partial charge in [-0.2, -0.15) is 0 Å². The summed E-state index contributed by atoms with van der Waals surface area (Å²) in [6, 6.07) is 48.2. The fourth-order valence-corrected chi connectivity index (χ4v) is 11.6. The van der Waals surface area contributed by atoms with Gasteiger partial charge in [-0.25, -0.2) is 37.9 Å². The molecule has 0 spiro atoms. The number of carbonyl (C=O) groups excluding carboxylic acids is 9. The van der Waals surface area contributed by atoms with Crippen LogP contribution in [0.25, 0.3) is 0 Å². The molecule has 498 valence electrons. The van der Waals surface area contributed by atoms with Crippen LogP contribution in [0.5, 0.6) is 5.75 Å². The lowest BCUT2D eigenvalue weighted by Crippen LogP contribution is -2.47. The van der Waals surface area contributed by atoms with E-state index >= 15 is 0 Å². The van der Waals surface area contributed by atoms with E-state index in [1.807, 2.05) is 30.3 Å². The molecular weight excluding hydrogens is 1300 g/mol. The highest BCUT2D eigenvalue weighted by Gasteiger charge is 2.55. The lowest BCUT2D eigenvalue weighted by Gasteiger charge is -2.28. The van der Waals surface area contributed by atoms with Gasteiger partial charge >= 0.3 is 18.1 Å². The molecular formula is C72H62Cl2F2N12O10. The van der Waals surface area contributed by atoms with Gasteiger partial charge in [-0.3, -0.25) is 43.7 Å². The number of likely N-dealkylation sites (N-methyl/N-ethyl adjacent to an activating group) is 2. The number of hydrogen-bond donors (Lipinski definition) is 4. The van der Waals surface area contributed by atoms with Crippen molar-refractivity contribution < 1.29 is 56.7 Å². The van der Waals surface area contributed by atoms with Crippen LogP contribution in [0.3, 0.4) is 0 Å². The van der Waals surface area contributed by atoms with Crippen molar-refractivity contribution in [3.05, 3.63) is 262 Å². The van der Waals surface area contributed by atoms with Gasteiger partial charge in [-0.15, -0.1) is 0 Å². The van der Waals surface area contributed by atoms with Crippen LogP contribution in [0.2, 0.25) is 10.0 Å². The zero-order chi connectivity index (χ0) is 70.2. The summed E-state index contributed by atoms with van der Waals surface area (Å²) < 4.78 is 31.9.